The average Bonchev–Trinajstić information content (AvgIpc) is 3.51. The van der Waals surface area contributed by atoms with Gasteiger partial charge in [0.25, 0.3) is 0 Å². The summed E-state index contributed by atoms with van der Waals surface area (Å²) in [5.41, 5.74) is 9.70. The molecule has 2 aromatic rings. The van der Waals surface area contributed by atoms with Crippen LogP contribution >= 0.6 is 0 Å². The van der Waals surface area contributed by atoms with E-state index in [-0.39, 0.29) is 18.1 Å². The number of hydrogen-bond acceptors (Lipinski definition) is 6. The fourth-order valence-electron chi connectivity index (χ4n) is 3.99. The van der Waals surface area contributed by atoms with E-state index in [9.17, 15) is 0 Å². The zero-order valence-electron chi connectivity index (χ0n) is 17.8. The summed E-state index contributed by atoms with van der Waals surface area (Å²) in [7, 11) is 0. The SMILES string of the molecule is Cc1ccc2c(C(C)C)nc(C3CC(C)OC(/C(C=NC4CC4)=C/N)C3)nc2n1. The van der Waals surface area contributed by atoms with E-state index in [1.807, 2.05) is 19.2 Å². The van der Waals surface area contributed by atoms with Gasteiger partial charge in [-0.3, -0.25) is 4.99 Å². The van der Waals surface area contributed by atoms with Crippen LogP contribution in [0.15, 0.2) is 28.9 Å². The lowest BCUT2D eigenvalue weighted by molar-refractivity contribution is -0.0272. The van der Waals surface area contributed by atoms with Crippen LogP contribution in [-0.2, 0) is 4.74 Å². The maximum Gasteiger partial charge on any atom is 0.163 e. The van der Waals surface area contributed by atoms with E-state index < -0.39 is 0 Å². The molecule has 0 bridgehead atoms. The Morgan fingerprint density at radius 1 is 1.21 bits per heavy atom. The molecule has 0 radical (unpaired) electrons. The van der Waals surface area contributed by atoms with Gasteiger partial charge in [0.15, 0.2) is 5.65 Å². The summed E-state index contributed by atoms with van der Waals surface area (Å²) >= 11 is 0. The number of fused-ring (bicyclic) bond motifs is 1. The molecule has 2 fully saturated rings. The third kappa shape index (κ3) is 4.47. The molecule has 1 saturated carbocycles. The van der Waals surface area contributed by atoms with Crippen molar-refractivity contribution in [3.8, 4) is 0 Å². The molecule has 154 valence electrons. The van der Waals surface area contributed by atoms with Crippen LogP contribution in [0, 0.1) is 6.92 Å². The minimum Gasteiger partial charge on any atom is -0.404 e. The quantitative estimate of drug-likeness (QED) is 0.770. The second kappa shape index (κ2) is 8.19. The molecule has 1 aliphatic carbocycles. The lowest BCUT2D eigenvalue weighted by Gasteiger charge is -2.34. The maximum atomic E-state index is 6.22. The molecule has 1 aliphatic heterocycles. The molecule has 3 atom stereocenters. The van der Waals surface area contributed by atoms with Crippen molar-refractivity contribution in [2.24, 2.45) is 10.7 Å². The lowest BCUT2D eigenvalue weighted by Crippen LogP contribution is -2.33. The summed E-state index contributed by atoms with van der Waals surface area (Å²) in [4.78, 5) is 19.2. The first-order valence-corrected chi connectivity index (χ1v) is 10.7. The molecule has 6 heteroatoms. The zero-order valence-corrected chi connectivity index (χ0v) is 17.8. The van der Waals surface area contributed by atoms with Crippen LogP contribution in [0.3, 0.4) is 0 Å². The van der Waals surface area contributed by atoms with Gasteiger partial charge in [0.1, 0.15) is 5.82 Å². The van der Waals surface area contributed by atoms with Gasteiger partial charge in [-0.1, -0.05) is 13.8 Å². The summed E-state index contributed by atoms with van der Waals surface area (Å²) in [6.45, 7) is 8.45. The fourth-order valence-corrected chi connectivity index (χ4v) is 3.99. The van der Waals surface area contributed by atoms with Crippen LogP contribution in [-0.4, -0.2) is 39.4 Å². The van der Waals surface area contributed by atoms with Crippen LogP contribution in [0.4, 0.5) is 0 Å². The predicted molar refractivity (Wildman–Crippen MR) is 116 cm³/mol. The summed E-state index contributed by atoms with van der Waals surface area (Å²) < 4.78 is 6.22. The Morgan fingerprint density at radius 3 is 2.69 bits per heavy atom. The molecule has 1 saturated heterocycles. The van der Waals surface area contributed by atoms with E-state index in [4.69, 9.17) is 20.4 Å². The van der Waals surface area contributed by atoms with Gasteiger partial charge in [-0.2, -0.15) is 0 Å². The van der Waals surface area contributed by atoms with E-state index in [2.05, 4.69) is 36.8 Å². The van der Waals surface area contributed by atoms with Crippen molar-refractivity contribution in [3.63, 3.8) is 0 Å². The number of aliphatic imine (C=N–C) groups is 1. The molecule has 0 amide bonds. The van der Waals surface area contributed by atoms with E-state index in [0.717, 1.165) is 46.7 Å². The van der Waals surface area contributed by atoms with Gasteiger partial charge >= 0.3 is 0 Å². The van der Waals surface area contributed by atoms with Crippen molar-refractivity contribution in [1.82, 2.24) is 15.0 Å². The minimum absolute atomic E-state index is 0.0801. The first kappa shape index (κ1) is 20.0. The number of aromatic nitrogens is 3. The van der Waals surface area contributed by atoms with Crippen LogP contribution in [0.5, 0.6) is 0 Å². The van der Waals surface area contributed by atoms with Gasteiger partial charge in [0.05, 0.1) is 23.9 Å². The van der Waals surface area contributed by atoms with E-state index in [1.165, 1.54) is 12.8 Å². The smallest absolute Gasteiger partial charge is 0.163 e. The van der Waals surface area contributed by atoms with Gasteiger partial charge in [-0.25, -0.2) is 15.0 Å². The number of ether oxygens (including phenoxy) is 1. The highest BCUT2D eigenvalue weighted by atomic mass is 16.5. The van der Waals surface area contributed by atoms with E-state index in [0.29, 0.717) is 12.0 Å². The third-order valence-corrected chi connectivity index (χ3v) is 5.71. The highest BCUT2D eigenvalue weighted by Crippen LogP contribution is 2.35. The van der Waals surface area contributed by atoms with E-state index in [1.54, 1.807) is 6.20 Å². The number of nitrogens with two attached hydrogens (primary N) is 1. The molecular weight excluding hydrogens is 362 g/mol. The van der Waals surface area contributed by atoms with Gasteiger partial charge in [0.2, 0.25) is 0 Å². The molecule has 6 nitrogen and oxygen atoms in total. The third-order valence-electron chi connectivity index (χ3n) is 5.71. The van der Waals surface area contributed by atoms with Crippen LogP contribution in [0.1, 0.15) is 75.5 Å². The molecule has 2 N–H and O–H groups in total. The molecule has 4 rings (SSSR count). The minimum atomic E-state index is -0.0801. The Morgan fingerprint density at radius 2 is 2.00 bits per heavy atom. The van der Waals surface area contributed by atoms with Crippen LogP contribution in [0.2, 0.25) is 0 Å². The topological polar surface area (TPSA) is 86.3 Å². The van der Waals surface area contributed by atoms with Crippen molar-refractivity contribution in [3.05, 3.63) is 41.1 Å². The number of nitrogens with zero attached hydrogens (tertiary/aromatic N) is 4. The van der Waals surface area contributed by atoms with Crippen LogP contribution < -0.4 is 5.73 Å². The summed E-state index contributed by atoms with van der Waals surface area (Å²) in [5, 5.41) is 1.05. The van der Waals surface area contributed by atoms with Crippen molar-refractivity contribution in [1.29, 1.82) is 0 Å². The number of pyridine rings is 1. The predicted octanol–water partition coefficient (Wildman–Crippen LogP) is 4.18. The highest BCUT2D eigenvalue weighted by molar-refractivity contribution is 5.80. The Labute approximate surface area is 172 Å². The Hall–Kier alpha value is -2.34. The Kier molecular flexibility index (Phi) is 5.63. The monoisotopic (exact) mass is 393 g/mol. The number of aryl methyl sites for hydroxylation is 1. The van der Waals surface area contributed by atoms with E-state index >= 15 is 0 Å². The summed E-state index contributed by atoms with van der Waals surface area (Å²) in [5.74, 6) is 1.38. The summed E-state index contributed by atoms with van der Waals surface area (Å²) in [6.07, 6.45) is 7.61. The van der Waals surface area contributed by atoms with Gasteiger partial charge in [-0.15, -0.1) is 0 Å². The van der Waals surface area contributed by atoms with Gasteiger partial charge in [0, 0.05) is 35.0 Å². The highest BCUT2D eigenvalue weighted by Gasteiger charge is 2.32. The number of hydrogen-bond donors (Lipinski definition) is 1. The maximum absolute atomic E-state index is 6.22. The molecule has 3 heterocycles. The fraction of sp³-hybridized carbons (Fsp3) is 0.565. The first-order valence-electron chi connectivity index (χ1n) is 10.7. The molecule has 0 aromatic carbocycles. The summed E-state index contributed by atoms with van der Waals surface area (Å²) in [6, 6.07) is 4.59. The second-order valence-electron chi connectivity index (χ2n) is 8.73. The Bertz CT molecular complexity index is 948. The van der Waals surface area contributed by atoms with Gasteiger partial charge in [-0.05, 0) is 57.6 Å². The van der Waals surface area contributed by atoms with Crippen molar-refractivity contribution in [2.75, 3.05) is 0 Å². The second-order valence-corrected chi connectivity index (χ2v) is 8.73. The molecule has 2 aliphatic rings. The molecular formula is C23H31N5O. The standard InChI is InChI=1S/C23H31N5O/c1-13(2)21-19-8-5-14(3)26-23(19)28-22(27-21)16-9-15(4)29-20(10-16)17(11-24)12-25-18-6-7-18/h5,8,11-13,15-16,18,20H,6-7,9-10,24H2,1-4H3/b17-11+,25-12?. The largest absolute Gasteiger partial charge is 0.404 e. The average molecular weight is 394 g/mol. The zero-order chi connectivity index (χ0) is 20.5. The first-order chi connectivity index (χ1) is 13.9. The molecule has 3 unspecified atom stereocenters. The van der Waals surface area contributed by atoms with Crippen LogP contribution in [0.25, 0.3) is 11.0 Å². The van der Waals surface area contributed by atoms with Gasteiger partial charge < -0.3 is 10.5 Å². The molecule has 0 spiro atoms. The number of rotatable bonds is 5. The molecule has 2 aromatic heterocycles. The molecule has 29 heavy (non-hydrogen) atoms. The Balaban J connectivity index is 1.66. The normalized spacial score (nSPS) is 26.0. The van der Waals surface area contributed by atoms with Crippen molar-refractivity contribution in [2.45, 2.75) is 83.5 Å². The van der Waals surface area contributed by atoms with Crippen molar-refractivity contribution < 1.29 is 4.74 Å². The van der Waals surface area contributed by atoms with Crippen molar-refractivity contribution >= 4 is 17.2 Å². The lowest BCUT2D eigenvalue weighted by atomic mass is 9.88.